The van der Waals surface area contributed by atoms with E-state index in [0.717, 1.165) is 24.2 Å². The van der Waals surface area contributed by atoms with Gasteiger partial charge in [-0.05, 0) is 38.8 Å². The molecule has 116 valence electrons. The van der Waals surface area contributed by atoms with Gasteiger partial charge in [-0.2, -0.15) is 5.10 Å². The van der Waals surface area contributed by atoms with Gasteiger partial charge in [0.1, 0.15) is 0 Å². The Bertz CT molecular complexity index is 666. The number of carbonyl (C=O) groups is 1. The van der Waals surface area contributed by atoms with Gasteiger partial charge in [-0.1, -0.05) is 18.2 Å². The molecule has 0 bridgehead atoms. The van der Waals surface area contributed by atoms with Crippen molar-refractivity contribution in [3.63, 3.8) is 0 Å². The number of rotatable bonds is 5. The zero-order valence-electron chi connectivity index (χ0n) is 13.0. The molecule has 1 fully saturated rings. The zero-order chi connectivity index (χ0) is 15.7. The molecule has 3 rings (SSSR count). The second kappa shape index (κ2) is 5.57. The molecule has 0 radical (unpaired) electrons. The number of hydrogen-bond acceptors (Lipinski definition) is 3. The van der Waals surface area contributed by atoms with Crippen molar-refractivity contribution in [2.75, 3.05) is 6.54 Å². The molecule has 1 amide bonds. The summed E-state index contributed by atoms with van der Waals surface area (Å²) in [6, 6.07) is 9.93. The van der Waals surface area contributed by atoms with Crippen molar-refractivity contribution in [1.29, 1.82) is 0 Å². The topological polar surface area (TPSA) is 72.9 Å². The van der Waals surface area contributed by atoms with Gasteiger partial charge in [0, 0.05) is 18.0 Å². The fraction of sp³-hybridized carbons (Fsp3) is 0.412. The van der Waals surface area contributed by atoms with Crippen LogP contribution in [0.5, 0.6) is 0 Å². The van der Waals surface area contributed by atoms with E-state index in [4.69, 9.17) is 5.73 Å². The molecule has 0 aliphatic heterocycles. The smallest absolute Gasteiger partial charge is 0.254 e. The first-order valence-electron chi connectivity index (χ1n) is 7.66. The molecule has 1 saturated carbocycles. The fourth-order valence-corrected chi connectivity index (χ4v) is 2.46. The van der Waals surface area contributed by atoms with E-state index in [-0.39, 0.29) is 5.91 Å². The van der Waals surface area contributed by atoms with Crippen LogP contribution in [0.1, 0.15) is 48.7 Å². The third-order valence-corrected chi connectivity index (χ3v) is 3.72. The lowest BCUT2D eigenvalue weighted by molar-refractivity contribution is 0.0945. The predicted molar refractivity (Wildman–Crippen MR) is 86.1 cm³/mol. The van der Waals surface area contributed by atoms with Crippen molar-refractivity contribution >= 4 is 5.91 Å². The van der Waals surface area contributed by atoms with Crippen molar-refractivity contribution in [1.82, 2.24) is 15.1 Å². The summed E-state index contributed by atoms with van der Waals surface area (Å²) in [7, 11) is 0. The van der Waals surface area contributed by atoms with Crippen LogP contribution < -0.4 is 11.1 Å². The van der Waals surface area contributed by atoms with Crippen LogP contribution in [-0.4, -0.2) is 27.8 Å². The van der Waals surface area contributed by atoms with E-state index in [9.17, 15) is 4.79 Å². The normalized spacial score (nSPS) is 14.9. The van der Waals surface area contributed by atoms with Gasteiger partial charge >= 0.3 is 0 Å². The molecule has 22 heavy (non-hydrogen) atoms. The van der Waals surface area contributed by atoms with Crippen LogP contribution in [0, 0.1) is 0 Å². The predicted octanol–water partition coefficient (Wildman–Crippen LogP) is 2.22. The highest BCUT2D eigenvalue weighted by atomic mass is 16.1. The molecule has 1 aliphatic carbocycles. The largest absolute Gasteiger partial charge is 0.350 e. The zero-order valence-corrected chi connectivity index (χ0v) is 13.0. The first kappa shape index (κ1) is 14.8. The maximum absolute atomic E-state index is 12.5. The highest BCUT2D eigenvalue weighted by Crippen LogP contribution is 2.42. The molecule has 0 atom stereocenters. The van der Waals surface area contributed by atoms with Crippen molar-refractivity contribution in [3.8, 4) is 5.69 Å². The maximum Gasteiger partial charge on any atom is 0.254 e. The molecule has 1 aliphatic rings. The summed E-state index contributed by atoms with van der Waals surface area (Å²) >= 11 is 0. The summed E-state index contributed by atoms with van der Waals surface area (Å²) in [4.78, 5) is 12.5. The maximum atomic E-state index is 12.5. The summed E-state index contributed by atoms with van der Waals surface area (Å²) < 4.78 is 1.89. The van der Waals surface area contributed by atoms with Gasteiger partial charge in [-0.15, -0.1) is 0 Å². The minimum absolute atomic E-state index is 0.0948. The van der Waals surface area contributed by atoms with Gasteiger partial charge in [0.25, 0.3) is 5.91 Å². The van der Waals surface area contributed by atoms with Crippen molar-refractivity contribution in [3.05, 3.63) is 47.8 Å². The summed E-state index contributed by atoms with van der Waals surface area (Å²) in [5, 5.41) is 7.35. The van der Waals surface area contributed by atoms with E-state index in [1.807, 2.05) is 48.9 Å². The minimum Gasteiger partial charge on any atom is -0.350 e. The monoisotopic (exact) mass is 298 g/mol. The number of para-hydroxylation sites is 1. The standard InChI is InChI=1S/C17H22N4O/c1-17(2,18)11-19-16(22)14-10-20-21(15(14)12-8-9-12)13-6-4-3-5-7-13/h3-7,10,12H,8-9,11,18H2,1-2H3,(H,19,22). The summed E-state index contributed by atoms with van der Waals surface area (Å²) in [6.07, 6.45) is 3.89. The molecular formula is C17H22N4O. The Kier molecular flexibility index (Phi) is 3.74. The van der Waals surface area contributed by atoms with Crippen LogP contribution in [-0.2, 0) is 0 Å². The summed E-state index contributed by atoms with van der Waals surface area (Å²) in [5.41, 5.74) is 8.17. The van der Waals surface area contributed by atoms with Crippen LogP contribution in [0.3, 0.4) is 0 Å². The Balaban J connectivity index is 1.89. The van der Waals surface area contributed by atoms with Crippen LogP contribution in [0.2, 0.25) is 0 Å². The van der Waals surface area contributed by atoms with E-state index in [1.165, 1.54) is 0 Å². The molecule has 1 aromatic heterocycles. The highest BCUT2D eigenvalue weighted by molar-refractivity contribution is 5.95. The van der Waals surface area contributed by atoms with Gasteiger partial charge in [0.05, 0.1) is 23.1 Å². The second-order valence-electron chi connectivity index (χ2n) is 6.64. The van der Waals surface area contributed by atoms with Gasteiger partial charge < -0.3 is 11.1 Å². The number of aromatic nitrogens is 2. The highest BCUT2D eigenvalue weighted by Gasteiger charge is 2.33. The summed E-state index contributed by atoms with van der Waals surface area (Å²) in [5.74, 6) is 0.331. The molecule has 0 spiro atoms. The lowest BCUT2D eigenvalue weighted by Gasteiger charge is -2.19. The Hall–Kier alpha value is -2.14. The van der Waals surface area contributed by atoms with E-state index in [1.54, 1.807) is 6.20 Å². The lowest BCUT2D eigenvalue weighted by Crippen LogP contribution is -2.45. The third-order valence-electron chi connectivity index (χ3n) is 3.72. The molecule has 1 aromatic carbocycles. The molecule has 0 unspecified atom stereocenters. The van der Waals surface area contributed by atoms with Crippen LogP contribution in [0.25, 0.3) is 5.69 Å². The molecular weight excluding hydrogens is 276 g/mol. The van der Waals surface area contributed by atoms with Crippen molar-refractivity contribution < 1.29 is 4.79 Å². The van der Waals surface area contributed by atoms with Gasteiger partial charge in [0.15, 0.2) is 0 Å². The second-order valence-corrected chi connectivity index (χ2v) is 6.64. The van der Waals surface area contributed by atoms with Crippen LogP contribution >= 0.6 is 0 Å². The van der Waals surface area contributed by atoms with E-state index >= 15 is 0 Å². The number of amides is 1. The first-order chi connectivity index (χ1) is 10.5. The molecule has 3 N–H and O–H groups in total. The minimum atomic E-state index is -0.426. The number of nitrogens with zero attached hydrogens (tertiary/aromatic N) is 2. The molecule has 5 nitrogen and oxygen atoms in total. The number of carbonyl (C=O) groups excluding carboxylic acids is 1. The molecule has 5 heteroatoms. The van der Waals surface area contributed by atoms with E-state index < -0.39 is 5.54 Å². The lowest BCUT2D eigenvalue weighted by atomic mass is 10.1. The average molecular weight is 298 g/mol. The number of nitrogens with one attached hydrogen (secondary N) is 1. The fourth-order valence-electron chi connectivity index (χ4n) is 2.46. The van der Waals surface area contributed by atoms with Crippen LogP contribution in [0.15, 0.2) is 36.5 Å². The third kappa shape index (κ3) is 3.20. The average Bonchev–Trinajstić information content (AvgIpc) is 3.23. The Morgan fingerprint density at radius 1 is 1.36 bits per heavy atom. The molecule has 0 saturated heterocycles. The van der Waals surface area contributed by atoms with Gasteiger partial charge in [0.2, 0.25) is 0 Å². The Labute approximate surface area is 130 Å². The number of nitrogens with two attached hydrogens (primary N) is 1. The Morgan fingerprint density at radius 3 is 2.64 bits per heavy atom. The molecule has 1 heterocycles. The van der Waals surface area contributed by atoms with E-state index in [0.29, 0.717) is 18.0 Å². The van der Waals surface area contributed by atoms with Crippen LogP contribution in [0.4, 0.5) is 0 Å². The van der Waals surface area contributed by atoms with Crippen molar-refractivity contribution in [2.45, 2.75) is 38.1 Å². The van der Waals surface area contributed by atoms with E-state index in [2.05, 4.69) is 10.4 Å². The summed E-state index contributed by atoms with van der Waals surface area (Å²) in [6.45, 7) is 4.22. The van der Waals surface area contributed by atoms with Gasteiger partial charge in [-0.3, -0.25) is 4.79 Å². The Morgan fingerprint density at radius 2 is 2.05 bits per heavy atom. The van der Waals surface area contributed by atoms with Crippen molar-refractivity contribution in [2.24, 2.45) is 5.73 Å². The quantitative estimate of drug-likeness (QED) is 0.889. The van der Waals surface area contributed by atoms with Gasteiger partial charge in [-0.25, -0.2) is 4.68 Å². The SMILES string of the molecule is CC(C)(N)CNC(=O)c1cnn(-c2ccccc2)c1C1CC1. The molecule has 2 aromatic rings. The number of benzene rings is 1. The first-order valence-corrected chi connectivity index (χ1v) is 7.66. The number of hydrogen-bond donors (Lipinski definition) is 2.